The zero-order chi connectivity index (χ0) is 10.8. The smallest absolute Gasteiger partial charge is 0.127 e. The fraction of sp³-hybridized carbons (Fsp3) is 0.500. The highest BCUT2D eigenvalue weighted by Gasteiger charge is 2.19. The van der Waals surface area contributed by atoms with Gasteiger partial charge < -0.3 is 5.32 Å². The normalized spacial score (nSPS) is 18.1. The molecule has 1 aliphatic heterocycles. The van der Waals surface area contributed by atoms with Gasteiger partial charge in [0.1, 0.15) is 5.82 Å². The van der Waals surface area contributed by atoms with E-state index in [0.717, 1.165) is 41.5 Å². The highest BCUT2D eigenvalue weighted by Crippen LogP contribution is 2.31. The molecule has 1 fully saturated rings. The van der Waals surface area contributed by atoms with Gasteiger partial charge in [-0.3, -0.25) is 0 Å². The van der Waals surface area contributed by atoms with Crippen molar-refractivity contribution in [2.75, 3.05) is 13.1 Å². The summed E-state index contributed by atoms with van der Waals surface area (Å²) in [6.07, 6.45) is 2.07. The Balaban J connectivity index is 2.30. The Kier molecular flexibility index (Phi) is 3.42. The molecule has 3 heteroatoms. The molecule has 1 aromatic carbocycles. The number of aryl methyl sites for hydroxylation is 1. The Morgan fingerprint density at radius 2 is 2.00 bits per heavy atom. The van der Waals surface area contributed by atoms with Gasteiger partial charge in [0.25, 0.3) is 0 Å². The molecule has 1 saturated heterocycles. The van der Waals surface area contributed by atoms with Crippen LogP contribution in [0.3, 0.4) is 0 Å². The lowest BCUT2D eigenvalue weighted by Crippen LogP contribution is -2.27. The first kappa shape index (κ1) is 11.1. The largest absolute Gasteiger partial charge is 0.317 e. The van der Waals surface area contributed by atoms with Crippen molar-refractivity contribution in [1.29, 1.82) is 0 Å². The molecule has 1 N–H and O–H groups in total. The molecule has 0 atom stereocenters. The molecule has 0 saturated carbocycles. The number of hydrogen-bond donors (Lipinski definition) is 1. The summed E-state index contributed by atoms with van der Waals surface area (Å²) in [6, 6.07) is 3.57. The molecule has 0 aliphatic carbocycles. The van der Waals surface area contributed by atoms with Gasteiger partial charge in [0.2, 0.25) is 0 Å². The van der Waals surface area contributed by atoms with E-state index in [1.807, 2.05) is 13.0 Å². The molecule has 0 spiro atoms. The Morgan fingerprint density at radius 1 is 1.33 bits per heavy atom. The minimum Gasteiger partial charge on any atom is -0.317 e. The Bertz CT molecular complexity index is 359. The quantitative estimate of drug-likeness (QED) is 0.826. The molecule has 1 aliphatic rings. The topological polar surface area (TPSA) is 12.0 Å². The van der Waals surface area contributed by atoms with Gasteiger partial charge in [-0.2, -0.15) is 0 Å². The lowest BCUT2D eigenvalue weighted by molar-refractivity contribution is 0.445. The second-order valence-corrected chi connectivity index (χ2v) is 5.00. The first-order chi connectivity index (χ1) is 7.18. The maximum Gasteiger partial charge on any atom is 0.127 e. The van der Waals surface area contributed by atoms with Crippen LogP contribution in [-0.2, 0) is 0 Å². The van der Waals surface area contributed by atoms with Crippen LogP contribution >= 0.6 is 15.9 Å². The van der Waals surface area contributed by atoms with Crippen molar-refractivity contribution in [1.82, 2.24) is 5.32 Å². The highest BCUT2D eigenvalue weighted by atomic mass is 79.9. The lowest BCUT2D eigenvalue weighted by atomic mass is 9.89. The number of halogens is 2. The van der Waals surface area contributed by atoms with Crippen molar-refractivity contribution in [2.24, 2.45) is 0 Å². The molecule has 1 nitrogen and oxygen atoms in total. The Labute approximate surface area is 98.2 Å². The molecule has 2 rings (SSSR count). The average molecular weight is 272 g/mol. The molecule has 1 aromatic rings. The summed E-state index contributed by atoms with van der Waals surface area (Å²) < 4.78 is 14.8. The summed E-state index contributed by atoms with van der Waals surface area (Å²) in [6.45, 7) is 3.91. The second-order valence-electron chi connectivity index (χ2n) is 4.15. The van der Waals surface area contributed by atoms with Crippen LogP contribution in [-0.4, -0.2) is 13.1 Å². The summed E-state index contributed by atoms with van der Waals surface area (Å²) >= 11 is 3.46. The van der Waals surface area contributed by atoms with Crippen molar-refractivity contribution in [3.8, 4) is 0 Å². The number of piperidine rings is 1. The van der Waals surface area contributed by atoms with E-state index in [4.69, 9.17) is 0 Å². The third-order valence-electron chi connectivity index (χ3n) is 3.06. The van der Waals surface area contributed by atoms with Gasteiger partial charge in [0, 0.05) is 4.47 Å². The van der Waals surface area contributed by atoms with Crippen LogP contribution in [0.15, 0.2) is 16.6 Å². The van der Waals surface area contributed by atoms with E-state index in [9.17, 15) is 4.39 Å². The van der Waals surface area contributed by atoms with Crippen LogP contribution in [0.5, 0.6) is 0 Å². The number of hydrogen-bond acceptors (Lipinski definition) is 1. The van der Waals surface area contributed by atoms with E-state index in [0.29, 0.717) is 5.92 Å². The maximum absolute atomic E-state index is 13.8. The molecular weight excluding hydrogens is 257 g/mol. The van der Waals surface area contributed by atoms with Crippen molar-refractivity contribution in [2.45, 2.75) is 25.7 Å². The molecule has 0 unspecified atom stereocenters. The summed E-state index contributed by atoms with van der Waals surface area (Å²) in [7, 11) is 0. The van der Waals surface area contributed by atoms with Crippen LogP contribution in [0.2, 0.25) is 0 Å². The van der Waals surface area contributed by atoms with Crippen LogP contribution in [0.25, 0.3) is 0 Å². The van der Waals surface area contributed by atoms with Gasteiger partial charge in [0.05, 0.1) is 0 Å². The minimum absolute atomic E-state index is 0.0531. The van der Waals surface area contributed by atoms with Crippen LogP contribution < -0.4 is 5.32 Å². The van der Waals surface area contributed by atoms with Gasteiger partial charge in [-0.05, 0) is 62.0 Å². The molecule has 0 aromatic heterocycles. The summed E-state index contributed by atoms with van der Waals surface area (Å²) in [5.41, 5.74) is 1.83. The van der Waals surface area contributed by atoms with Crippen molar-refractivity contribution in [3.63, 3.8) is 0 Å². The minimum atomic E-state index is -0.0531. The van der Waals surface area contributed by atoms with E-state index in [-0.39, 0.29) is 5.82 Å². The third-order valence-corrected chi connectivity index (χ3v) is 3.91. The van der Waals surface area contributed by atoms with Crippen molar-refractivity contribution in [3.05, 3.63) is 33.5 Å². The molecular formula is C12H15BrFN. The van der Waals surface area contributed by atoms with Crippen molar-refractivity contribution >= 4 is 15.9 Å². The number of nitrogens with one attached hydrogen (secondary N) is 1. The SMILES string of the molecule is Cc1cc(F)c(C2CCNCC2)cc1Br. The first-order valence-corrected chi connectivity index (χ1v) is 6.14. The summed E-state index contributed by atoms with van der Waals surface area (Å²) in [5, 5.41) is 3.30. The van der Waals surface area contributed by atoms with Crippen LogP contribution in [0, 0.1) is 12.7 Å². The molecule has 15 heavy (non-hydrogen) atoms. The van der Waals surface area contributed by atoms with Crippen molar-refractivity contribution < 1.29 is 4.39 Å². The number of rotatable bonds is 1. The number of benzene rings is 1. The van der Waals surface area contributed by atoms with Crippen LogP contribution in [0.1, 0.15) is 29.9 Å². The first-order valence-electron chi connectivity index (χ1n) is 5.34. The highest BCUT2D eigenvalue weighted by molar-refractivity contribution is 9.10. The molecule has 82 valence electrons. The van der Waals surface area contributed by atoms with E-state index in [1.165, 1.54) is 0 Å². The molecule has 1 heterocycles. The van der Waals surface area contributed by atoms with E-state index in [1.54, 1.807) is 6.07 Å². The fourth-order valence-corrected chi connectivity index (χ4v) is 2.47. The van der Waals surface area contributed by atoms with Gasteiger partial charge >= 0.3 is 0 Å². The lowest BCUT2D eigenvalue weighted by Gasteiger charge is -2.23. The predicted octanol–water partition coefficient (Wildman–Crippen LogP) is 3.36. The zero-order valence-corrected chi connectivity index (χ0v) is 10.4. The van der Waals surface area contributed by atoms with Gasteiger partial charge in [-0.1, -0.05) is 15.9 Å². The van der Waals surface area contributed by atoms with E-state index < -0.39 is 0 Å². The summed E-state index contributed by atoms with van der Waals surface area (Å²) in [5.74, 6) is 0.325. The van der Waals surface area contributed by atoms with E-state index in [2.05, 4.69) is 21.2 Å². The van der Waals surface area contributed by atoms with Gasteiger partial charge in [-0.25, -0.2) is 4.39 Å². The van der Waals surface area contributed by atoms with Gasteiger partial charge in [0.15, 0.2) is 0 Å². The van der Waals surface area contributed by atoms with Crippen LogP contribution in [0.4, 0.5) is 4.39 Å². The Hall–Kier alpha value is -0.410. The second kappa shape index (κ2) is 4.62. The monoisotopic (exact) mass is 271 g/mol. The zero-order valence-electron chi connectivity index (χ0n) is 8.82. The average Bonchev–Trinajstić information content (AvgIpc) is 2.25. The molecule has 0 radical (unpaired) electrons. The van der Waals surface area contributed by atoms with Gasteiger partial charge in [-0.15, -0.1) is 0 Å². The standard InChI is InChI=1S/C12H15BrFN/c1-8-6-12(14)10(7-11(8)13)9-2-4-15-5-3-9/h6-7,9,15H,2-5H2,1H3. The molecule has 0 bridgehead atoms. The maximum atomic E-state index is 13.8. The summed E-state index contributed by atoms with van der Waals surface area (Å²) in [4.78, 5) is 0. The molecule has 0 amide bonds. The predicted molar refractivity (Wildman–Crippen MR) is 63.7 cm³/mol. The van der Waals surface area contributed by atoms with E-state index >= 15 is 0 Å². The fourth-order valence-electron chi connectivity index (χ4n) is 2.11. The third kappa shape index (κ3) is 2.40. The Morgan fingerprint density at radius 3 is 2.67 bits per heavy atom.